The van der Waals surface area contributed by atoms with Crippen LogP contribution in [0.25, 0.3) is 0 Å². The predicted molar refractivity (Wildman–Crippen MR) is 92.0 cm³/mol. The Morgan fingerprint density at radius 3 is 2.52 bits per heavy atom. The van der Waals surface area contributed by atoms with Gasteiger partial charge < -0.3 is 9.80 Å². The standard InChI is InChI=1S/C18H28N4O/c1-4-21-7-9-22(10-8-21)18(23)17-12-16(19-20-17)15-6-5-13(2)14(3)11-15/h5-6,11,16-17,19-20H,4,7-10,12H2,1-3H3. The quantitative estimate of drug-likeness (QED) is 0.884. The van der Waals surface area contributed by atoms with Gasteiger partial charge in [0.1, 0.15) is 6.04 Å². The van der Waals surface area contributed by atoms with E-state index in [-0.39, 0.29) is 18.0 Å². The average molecular weight is 316 g/mol. The number of carbonyl (C=O) groups excluding carboxylic acids is 1. The largest absolute Gasteiger partial charge is 0.339 e. The SMILES string of the molecule is CCN1CCN(C(=O)C2CC(c3ccc(C)c(C)c3)NN2)CC1. The zero-order valence-corrected chi connectivity index (χ0v) is 14.4. The van der Waals surface area contributed by atoms with Crippen molar-refractivity contribution >= 4 is 5.91 Å². The lowest BCUT2D eigenvalue weighted by Crippen LogP contribution is -2.53. The van der Waals surface area contributed by atoms with E-state index < -0.39 is 0 Å². The molecule has 5 nitrogen and oxygen atoms in total. The van der Waals surface area contributed by atoms with Gasteiger partial charge in [0.2, 0.25) is 5.91 Å². The van der Waals surface area contributed by atoms with Gasteiger partial charge in [0.05, 0.1) is 0 Å². The van der Waals surface area contributed by atoms with E-state index >= 15 is 0 Å². The van der Waals surface area contributed by atoms with Crippen molar-refractivity contribution in [2.45, 2.75) is 39.3 Å². The molecule has 2 aliphatic heterocycles. The number of nitrogens with zero attached hydrogens (tertiary/aromatic N) is 2. The van der Waals surface area contributed by atoms with Gasteiger partial charge in [-0.2, -0.15) is 0 Å². The zero-order valence-electron chi connectivity index (χ0n) is 14.4. The van der Waals surface area contributed by atoms with Crippen LogP contribution < -0.4 is 10.9 Å². The van der Waals surface area contributed by atoms with Gasteiger partial charge in [0.25, 0.3) is 0 Å². The van der Waals surface area contributed by atoms with Gasteiger partial charge in [-0.05, 0) is 43.5 Å². The molecular weight excluding hydrogens is 288 g/mol. The first-order valence-corrected chi connectivity index (χ1v) is 8.68. The second kappa shape index (κ2) is 6.99. The van der Waals surface area contributed by atoms with Gasteiger partial charge in [-0.3, -0.25) is 4.79 Å². The minimum absolute atomic E-state index is 0.116. The monoisotopic (exact) mass is 316 g/mol. The first-order valence-electron chi connectivity index (χ1n) is 8.68. The summed E-state index contributed by atoms with van der Waals surface area (Å²) in [6, 6.07) is 6.64. The first-order chi connectivity index (χ1) is 11.1. The molecule has 2 saturated heterocycles. The first kappa shape index (κ1) is 16.4. The minimum atomic E-state index is -0.116. The lowest BCUT2D eigenvalue weighted by Gasteiger charge is -2.35. The number of piperazine rings is 1. The fourth-order valence-corrected chi connectivity index (χ4v) is 3.42. The molecule has 2 N–H and O–H groups in total. The molecule has 0 spiro atoms. The highest BCUT2D eigenvalue weighted by atomic mass is 16.2. The van der Waals surface area contributed by atoms with Crippen LogP contribution in [0, 0.1) is 13.8 Å². The summed E-state index contributed by atoms with van der Waals surface area (Å²) in [5.41, 5.74) is 10.4. The van der Waals surface area contributed by atoms with Gasteiger partial charge in [0.15, 0.2) is 0 Å². The number of hydrogen-bond acceptors (Lipinski definition) is 4. The maximum Gasteiger partial charge on any atom is 0.241 e. The highest BCUT2D eigenvalue weighted by Gasteiger charge is 2.33. The molecule has 2 atom stereocenters. The van der Waals surface area contributed by atoms with Crippen molar-refractivity contribution < 1.29 is 4.79 Å². The fourth-order valence-electron chi connectivity index (χ4n) is 3.42. The van der Waals surface area contributed by atoms with E-state index in [9.17, 15) is 4.79 Å². The summed E-state index contributed by atoms with van der Waals surface area (Å²) in [6.07, 6.45) is 0.815. The van der Waals surface area contributed by atoms with Crippen molar-refractivity contribution in [1.82, 2.24) is 20.7 Å². The van der Waals surface area contributed by atoms with Crippen molar-refractivity contribution in [1.29, 1.82) is 0 Å². The highest BCUT2D eigenvalue weighted by molar-refractivity contribution is 5.82. The molecular formula is C18H28N4O. The Morgan fingerprint density at radius 2 is 1.87 bits per heavy atom. The lowest BCUT2D eigenvalue weighted by molar-refractivity contribution is -0.134. The van der Waals surface area contributed by atoms with Crippen molar-refractivity contribution in [3.63, 3.8) is 0 Å². The molecule has 1 amide bonds. The van der Waals surface area contributed by atoms with Crippen LogP contribution in [0.3, 0.4) is 0 Å². The molecule has 0 bridgehead atoms. The van der Waals surface area contributed by atoms with Crippen LogP contribution in [0.15, 0.2) is 18.2 Å². The summed E-state index contributed by atoms with van der Waals surface area (Å²) in [5.74, 6) is 0.236. The maximum atomic E-state index is 12.7. The van der Waals surface area contributed by atoms with Crippen molar-refractivity contribution in [3.8, 4) is 0 Å². The smallest absolute Gasteiger partial charge is 0.241 e. The summed E-state index contributed by atoms with van der Waals surface area (Å²) >= 11 is 0. The molecule has 2 aliphatic rings. The summed E-state index contributed by atoms with van der Waals surface area (Å²) < 4.78 is 0. The van der Waals surface area contributed by atoms with Gasteiger partial charge in [-0.15, -0.1) is 0 Å². The van der Waals surface area contributed by atoms with Gasteiger partial charge in [-0.25, -0.2) is 10.9 Å². The number of amides is 1. The number of hydrogen-bond donors (Lipinski definition) is 2. The third-order valence-corrected chi connectivity index (χ3v) is 5.27. The zero-order chi connectivity index (χ0) is 16.4. The van der Waals surface area contributed by atoms with Crippen LogP contribution in [-0.4, -0.2) is 54.5 Å². The molecule has 2 fully saturated rings. The normalized spacial score (nSPS) is 25.8. The summed E-state index contributed by atoms with van der Waals surface area (Å²) in [7, 11) is 0. The molecule has 5 heteroatoms. The third-order valence-electron chi connectivity index (χ3n) is 5.27. The number of likely N-dealkylation sites (N-methyl/N-ethyl adjacent to an activating group) is 1. The van der Waals surface area contributed by atoms with Crippen LogP contribution >= 0.6 is 0 Å². The molecule has 23 heavy (non-hydrogen) atoms. The molecule has 126 valence electrons. The Morgan fingerprint density at radius 1 is 1.13 bits per heavy atom. The van der Waals surface area contributed by atoms with Crippen molar-refractivity contribution in [3.05, 3.63) is 34.9 Å². The number of benzene rings is 1. The predicted octanol–water partition coefficient (Wildman–Crippen LogP) is 1.38. The van der Waals surface area contributed by atoms with Crippen LogP contribution in [-0.2, 0) is 4.79 Å². The van der Waals surface area contributed by atoms with E-state index in [0.29, 0.717) is 0 Å². The van der Waals surface area contributed by atoms with Gasteiger partial charge in [-0.1, -0.05) is 25.1 Å². The Kier molecular flexibility index (Phi) is 4.99. The number of rotatable bonds is 3. The van der Waals surface area contributed by atoms with E-state index in [1.807, 2.05) is 4.90 Å². The van der Waals surface area contributed by atoms with E-state index in [2.05, 4.69) is 54.7 Å². The van der Waals surface area contributed by atoms with Crippen LogP contribution in [0.1, 0.15) is 36.1 Å². The lowest BCUT2D eigenvalue weighted by atomic mass is 9.98. The molecule has 1 aromatic rings. The van der Waals surface area contributed by atoms with Crippen LogP contribution in [0.4, 0.5) is 0 Å². The molecule has 2 heterocycles. The molecule has 1 aromatic carbocycles. The summed E-state index contributed by atoms with van der Waals surface area (Å²) in [5, 5.41) is 0. The van der Waals surface area contributed by atoms with E-state index in [1.165, 1.54) is 16.7 Å². The number of aryl methyl sites for hydroxylation is 2. The Labute approximate surface area is 139 Å². The molecule has 0 radical (unpaired) electrons. The second-order valence-corrected chi connectivity index (χ2v) is 6.73. The third kappa shape index (κ3) is 3.57. The maximum absolute atomic E-state index is 12.7. The fraction of sp³-hybridized carbons (Fsp3) is 0.611. The number of carbonyl (C=O) groups is 1. The molecule has 0 saturated carbocycles. The Hall–Kier alpha value is -1.43. The highest BCUT2D eigenvalue weighted by Crippen LogP contribution is 2.25. The van der Waals surface area contributed by atoms with E-state index in [4.69, 9.17) is 0 Å². The molecule has 0 aliphatic carbocycles. The molecule has 3 rings (SSSR count). The average Bonchev–Trinajstić information content (AvgIpc) is 3.07. The minimum Gasteiger partial charge on any atom is -0.339 e. The number of hydrazine groups is 1. The van der Waals surface area contributed by atoms with Crippen LogP contribution in [0.2, 0.25) is 0 Å². The molecule has 2 unspecified atom stereocenters. The second-order valence-electron chi connectivity index (χ2n) is 6.73. The summed E-state index contributed by atoms with van der Waals surface area (Å²) in [4.78, 5) is 17.1. The number of nitrogens with one attached hydrogen (secondary N) is 2. The topological polar surface area (TPSA) is 47.6 Å². The Balaban J connectivity index is 1.59. The van der Waals surface area contributed by atoms with Gasteiger partial charge in [0, 0.05) is 32.2 Å². The van der Waals surface area contributed by atoms with Crippen LogP contribution in [0.5, 0.6) is 0 Å². The summed E-state index contributed by atoms with van der Waals surface area (Å²) in [6.45, 7) is 11.2. The van der Waals surface area contributed by atoms with Crippen molar-refractivity contribution in [2.24, 2.45) is 0 Å². The molecule has 0 aromatic heterocycles. The van der Waals surface area contributed by atoms with E-state index in [1.54, 1.807) is 0 Å². The Bertz CT molecular complexity index is 566. The van der Waals surface area contributed by atoms with Crippen molar-refractivity contribution in [2.75, 3.05) is 32.7 Å². The van der Waals surface area contributed by atoms with Gasteiger partial charge >= 0.3 is 0 Å². The van der Waals surface area contributed by atoms with E-state index in [0.717, 1.165) is 39.1 Å².